The molecule has 3 aromatic rings. The molecule has 1 unspecified atom stereocenters. The van der Waals surface area contributed by atoms with Gasteiger partial charge in [0.1, 0.15) is 12.4 Å². The van der Waals surface area contributed by atoms with Gasteiger partial charge < -0.3 is 9.30 Å². The third kappa shape index (κ3) is 1.68. The molecule has 0 radical (unpaired) electrons. The van der Waals surface area contributed by atoms with E-state index in [0.29, 0.717) is 0 Å². The van der Waals surface area contributed by atoms with Crippen LogP contribution in [-0.2, 0) is 12.5 Å². The maximum atomic E-state index is 6.25. The molecule has 24 heavy (non-hydrogen) atoms. The summed E-state index contributed by atoms with van der Waals surface area (Å²) in [6.07, 6.45) is 1.15. The van der Waals surface area contributed by atoms with E-state index in [-0.39, 0.29) is 5.41 Å². The van der Waals surface area contributed by atoms with Crippen LogP contribution >= 0.6 is 11.8 Å². The normalized spacial score (nSPS) is 21.8. The predicted molar refractivity (Wildman–Crippen MR) is 100 cm³/mol. The Balaban J connectivity index is 1.89. The lowest BCUT2D eigenvalue weighted by molar-refractivity contribution is 0.284. The zero-order chi connectivity index (χ0) is 16.5. The van der Waals surface area contributed by atoms with Crippen molar-refractivity contribution in [2.75, 3.05) is 12.4 Å². The maximum Gasteiger partial charge on any atom is 0.124 e. The zero-order valence-electron chi connectivity index (χ0n) is 14.3. The summed E-state index contributed by atoms with van der Waals surface area (Å²) in [5.41, 5.74) is 6.90. The molecule has 0 aliphatic carbocycles. The zero-order valence-corrected chi connectivity index (χ0v) is 15.2. The summed E-state index contributed by atoms with van der Waals surface area (Å²) in [4.78, 5) is 0. The molecule has 0 saturated carbocycles. The minimum Gasteiger partial charge on any atom is -0.492 e. The Bertz CT molecular complexity index is 987. The summed E-state index contributed by atoms with van der Waals surface area (Å²) in [6, 6.07) is 13.3. The van der Waals surface area contributed by atoms with Crippen molar-refractivity contribution in [1.29, 1.82) is 0 Å². The number of aromatic nitrogens is 1. The largest absolute Gasteiger partial charge is 0.492 e. The van der Waals surface area contributed by atoms with Crippen molar-refractivity contribution in [1.82, 2.24) is 4.57 Å². The average Bonchev–Trinajstić information content (AvgIpc) is 3.06. The fraction of sp³-hybridized carbons (Fsp3) is 0.333. The molecular formula is C21H21NOS. The van der Waals surface area contributed by atoms with Gasteiger partial charge in [-0.15, -0.1) is 11.8 Å². The van der Waals surface area contributed by atoms with Crippen LogP contribution in [0, 0.1) is 13.8 Å². The molecule has 1 spiro atoms. The third-order valence-corrected chi connectivity index (χ3v) is 6.86. The van der Waals surface area contributed by atoms with E-state index < -0.39 is 0 Å². The summed E-state index contributed by atoms with van der Waals surface area (Å²) in [7, 11) is 2.20. The van der Waals surface area contributed by atoms with Gasteiger partial charge in [0.05, 0.1) is 10.4 Å². The molecule has 3 heterocycles. The second-order valence-corrected chi connectivity index (χ2v) is 8.26. The summed E-state index contributed by atoms with van der Waals surface area (Å²) >= 11 is 1.99. The molecule has 0 fully saturated rings. The van der Waals surface area contributed by atoms with Gasteiger partial charge in [-0.2, -0.15) is 0 Å². The number of hydrogen-bond donors (Lipinski definition) is 0. The smallest absolute Gasteiger partial charge is 0.124 e. The minimum atomic E-state index is 0.00850. The molecular weight excluding hydrogens is 314 g/mol. The number of fused-ring (bicyclic) bond motifs is 6. The molecule has 2 nitrogen and oxygen atoms in total. The van der Waals surface area contributed by atoms with Crippen LogP contribution in [0.3, 0.4) is 0 Å². The SMILES string of the molecule is Cc1cc(C)c2c(c1)OCC21CCSc2c1c1ccccc1n2C. The lowest BCUT2D eigenvalue weighted by atomic mass is 9.72. The van der Waals surface area contributed by atoms with E-state index >= 15 is 0 Å². The molecule has 0 bridgehead atoms. The van der Waals surface area contributed by atoms with E-state index in [1.54, 1.807) is 0 Å². The number of hydrogen-bond acceptors (Lipinski definition) is 2. The maximum absolute atomic E-state index is 6.25. The molecule has 3 heteroatoms. The van der Waals surface area contributed by atoms with Gasteiger partial charge in [-0.25, -0.2) is 0 Å². The third-order valence-electron chi connectivity index (χ3n) is 5.70. The average molecular weight is 335 g/mol. The number of para-hydroxylation sites is 1. The number of nitrogens with zero attached hydrogens (tertiary/aromatic N) is 1. The highest BCUT2D eigenvalue weighted by molar-refractivity contribution is 7.99. The topological polar surface area (TPSA) is 14.2 Å². The Morgan fingerprint density at radius 2 is 1.96 bits per heavy atom. The van der Waals surface area contributed by atoms with E-state index in [1.165, 1.54) is 38.2 Å². The second-order valence-electron chi connectivity index (χ2n) is 7.18. The van der Waals surface area contributed by atoms with Crippen LogP contribution in [0.25, 0.3) is 10.9 Å². The van der Waals surface area contributed by atoms with Crippen molar-refractivity contribution in [3.8, 4) is 5.75 Å². The van der Waals surface area contributed by atoms with Gasteiger partial charge >= 0.3 is 0 Å². The minimum absolute atomic E-state index is 0.00850. The van der Waals surface area contributed by atoms with Crippen LogP contribution < -0.4 is 4.74 Å². The Kier molecular flexibility index (Phi) is 2.91. The lowest BCUT2D eigenvalue weighted by Gasteiger charge is -2.34. The van der Waals surface area contributed by atoms with E-state index in [4.69, 9.17) is 4.74 Å². The first-order chi connectivity index (χ1) is 11.6. The van der Waals surface area contributed by atoms with Crippen LogP contribution in [0.1, 0.15) is 28.7 Å². The number of benzene rings is 2. The van der Waals surface area contributed by atoms with Gasteiger partial charge in [-0.3, -0.25) is 0 Å². The van der Waals surface area contributed by atoms with Crippen LogP contribution in [0.2, 0.25) is 0 Å². The summed E-state index contributed by atoms with van der Waals surface area (Å²) in [5.74, 6) is 2.24. The second kappa shape index (κ2) is 4.82. The number of rotatable bonds is 0. The van der Waals surface area contributed by atoms with Crippen molar-refractivity contribution in [3.63, 3.8) is 0 Å². The first-order valence-corrected chi connectivity index (χ1v) is 9.55. The molecule has 0 N–H and O–H groups in total. The highest BCUT2D eigenvalue weighted by Gasteiger charge is 2.48. The van der Waals surface area contributed by atoms with Crippen molar-refractivity contribution < 1.29 is 4.74 Å². The number of thioether (sulfide) groups is 1. The molecule has 2 aromatic carbocycles. The van der Waals surface area contributed by atoms with E-state index in [2.05, 4.69) is 61.9 Å². The van der Waals surface area contributed by atoms with Crippen LogP contribution in [-0.4, -0.2) is 16.9 Å². The van der Waals surface area contributed by atoms with Crippen molar-refractivity contribution in [2.45, 2.75) is 30.7 Å². The van der Waals surface area contributed by atoms with Gasteiger partial charge in [-0.1, -0.05) is 24.3 Å². The molecule has 122 valence electrons. The lowest BCUT2D eigenvalue weighted by Crippen LogP contribution is -2.34. The monoisotopic (exact) mass is 335 g/mol. The van der Waals surface area contributed by atoms with Crippen LogP contribution in [0.5, 0.6) is 5.75 Å². The standard InChI is InChI=1S/C21H21NOS/c1-13-10-14(2)18-17(11-13)23-12-21(18)8-9-24-20-19(21)15-6-4-5-7-16(15)22(20)3/h4-7,10-11H,8-9,12H2,1-3H3. The van der Waals surface area contributed by atoms with Gasteiger partial charge in [0, 0.05) is 34.8 Å². The van der Waals surface area contributed by atoms with Crippen LogP contribution in [0.4, 0.5) is 0 Å². The van der Waals surface area contributed by atoms with Gasteiger partial charge in [0.25, 0.3) is 0 Å². The van der Waals surface area contributed by atoms with E-state index in [1.807, 2.05) is 11.8 Å². The summed E-state index contributed by atoms with van der Waals surface area (Å²) in [6.45, 7) is 5.17. The molecule has 5 rings (SSSR count). The Hall–Kier alpha value is -1.87. The summed E-state index contributed by atoms with van der Waals surface area (Å²) in [5, 5.41) is 2.80. The Morgan fingerprint density at radius 1 is 1.12 bits per heavy atom. The van der Waals surface area contributed by atoms with Crippen molar-refractivity contribution >= 4 is 22.7 Å². The first kappa shape index (κ1) is 14.5. The molecule has 0 saturated heterocycles. The predicted octanol–water partition coefficient (Wildman–Crippen LogP) is 4.97. The van der Waals surface area contributed by atoms with Crippen LogP contribution in [0.15, 0.2) is 41.4 Å². The van der Waals surface area contributed by atoms with Crippen molar-refractivity contribution in [3.05, 3.63) is 58.7 Å². The molecule has 1 aromatic heterocycles. The highest BCUT2D eigenvalue weighted by atomic mass is 32.2. The number of ether oxygens (including phenoxy) is 1. The van der Waals surface area contributed by atoms with Gasteiger partial charge in [-0.05, 0) is 43.5 Å². The molecule has 2 aliphatic rings. The summed E-state index contributed by atoms with van der Waals surface area (Å²) < 4.78 is 8.62. The Labute approximate surface area is 146 Å². The van der Waals surface area contributed by atoms with E-state index in [9.17, 15) is 0 Å². The first-order valence-electron chi connectivity index (χ1n) is 8.57. The van der Waals surface area contributed by atoms with Crippen molar-refractivity contribution in [2.24, 2.45) is 7.05 Å². The van der Waals surface area contributed by atoms with E-state index in [0.717, 1.165) is 24.5 Å². The fourth-order valence-corrected chi connectivity index (χ4v) is 6.16. The highest BCUT2D eigenvalue weighted by Crippen LogP contribution is 2.55. The Morgan fingerprint density at radius 3 is 2.83 bits per heavy atom. The number of aryl methyl sites for hydroxylation is 3. The fourth-order valence-electron chi connectivity index (χ4n) is 4.77. The quantitative estimate of drug-likeness (QED) is 0.576. The van der Waals surface area contributed by atoms with Gasteiger partial charge in [0.15, 0.2) is 0 Å². The molecule has 2 aliphatic heterocycles. The molecule has 0 amide bonds. The van der Waals surface area contributed by atoms with Gasteiger partial charge in [0.2, 0.25) is 0 Å². The molecule has 1 atom stereocenters.